The number of nitrogens with one attached hydrogen (secondary N) is 1. The Kier molecular flexibility index (Phi) is 3.71. The van der Waals surface area contributed by atoms with E-state index >= 15 is 0 Å². The minimum absolute atomic E-state index is 0.733. The molecule has 2 aliphatic rings. The second kappa shape index (κ2) is 4.86. The van der Waals surface area contributed by atoms with Crippen molar-refractivity contribution in [3.05, 3.63) is 0 Å². The lowest BCUT2D eigenvalue weighted by Crippen LogP contribution is -2.40. The Morgan fingerprint density at radius 2 is 1.87 bits per heavy atom. The molecule has 2 rings (SSSR count). The Balaban J connectivity index is 1.68. The van der Waals surface area contributed by atoms with Gasteiger partial charge in [0.25, 0.3) is 0 Å². The molecule has 0 heterocycles. The van der Waals surface area contributed by atoms with Crippen LogP contribution in [0.5, 0.6) is 0 Å². The smallest absolute Gasteiger partial charge is 0.0100 e. The zero-order valence-electron chi connectivity index (χ0n) is 10.6. The molecule has 0 amide bonds. The molecule has 0 radical (unpaired) electrons. The summed E-state index contributed by atoms with van der Waals surface area (Å²) in [4.78, 5) is 0. The van der Waals surface area contributed by atoms with E-state index in [-0.39, 0.29) is 0 Å². The monoisotopic (exact) mass is 209 g/mol. The first-order valence-corrected chi connectivity index (χ1v) is 6.91. The van der Waals surface area contributed by atoms with Crippen LogP contribution in [0.2, 0.25) is 0 Å². The molecule has 4 atom stereocenters. The molecule has 0 spiro atoms. The van der Waals surface area contributed by atoms with Crippen molar-refractivity contribution >= 4 is 0 Å². The molecule has 2 aliphatic carbocycles. The summed E-state index contributed by atoms with van der Waals surface area (Å²) >= 11 is 0. The number of rotatable bonds is 5. The van der Waals surface area contributed by atoms with E-state index in [9.17, 15) is 0 Å². The van der Waals surface area contributed by atoms with Crippen LogP contribution in [0.4, 0.5) is 0 Å². The summed E-state index contributed by atoms with van der Waals surface area (Å²) in [5.41, 5.74) is 0. The Labute approximate surface area is 95.0 Å². The van der Waals surface area contributed by atoms with Crippen molar-refractivity contribution in [1.29, 1.82) is 0 Å². The number of hydrogen-bond donors (Lipinski definition) is 1. The van der Waals surface area contributed by atoms with Gasteiger partial charge in [-0.15, -0.1) is 0 Å². The molecule has 0 aliphatic heterocycles. The Morgan fingerprint density at radius 1 is 1.07 bits per heavy atom. The first kappa shape index (κ1) is 11.4. The van der Waals surface area contributed by atoms with E-state index in [4.69, 9.17) is 0 Å². The molecule has 2 bridgehead atoms. The van der Waals surface area contributed by atoms with E-state index in [1.165, 1.54) is 38.5 Å². The molecule has 15 heavy (non-hydrogen) atoms. The number of fused-ring (bicyclic) bond motifs is 2. The maximum atomic E-state index is 3.87. The fraction of sp³-hybridized carbons (Fsp3) is 1.00. The van der Waals surface area contributed by atoms with Crippen molar-refractivity contribution in [2.45, 2.75) is 71.4 Å². The minimum Gasteiger partial charge on any atom is -0.311 e. The SMILES string of the molecule is CC(C)CCC(C)NC1CC2CCC1C2. The van der Waals surface area contributed by atoms with Crippen LogP contribution in [0.15, 0.2) is 0 Å². The van der Waals surface area contributed by atoms with Gasteiger partial charge in [0.15, 0.2) is 0 Å². The van der Waals surface area contributed by atoms with Gasteiger partial charge in [-0.25, -0.2) is 0 Å². The first-order chi connectivity index (χ1) is 7.15. The van der Waals surface area contributed by atoms with Gasteiger partial charge >= 0.3 is 0 Å². The van der Waals surface area contributed by atoms with Crippen molar-refractivity contribution < 1.29 is 0 Å². The zero-order valence-corrected chi connectivity index (χ0v) is 10.6. The molecule has 88 valence electrons. The zero-order chi connectivity index (χ0) is 10.8. The van der Waals surface area contributed by atoms with Crippen LogP contribution in [0, 0.1) is 17.8 Å². The van der Waals surface area contributed by atoms with Crippen LogP contribution < -0.4 is 5.32 Å². The van der Waals surface area contributed by atoms with Gasteiger partial charge in [0.1, 0.15) is 0 Å². The normalized spacial score (nSPS) is 36.4. The van der Waals surface area contributed by atoms with Crippen molar-refractivity contribution in [2.75, 3.05) is 0 Å². The van der Waals surface area contributed by atoms with E-state index < -0.39 is 0 Å². The molecule has 1 N–H and O–H groups in total. The van der Waals surface area contributed by atoms with Gasteiger partial charge in [-0.1, -0.05) is 20.3 Å². The molecular formula is C14H27N. The third-order valence-electron chi connectivity index (χ3n) is 4.41. The topological polar surface area (TPSA) is 12.0 Å². The van der Waals surface area contributed by atoms with Crippen LogP contribution in [0.1, 0.15) is 59.3 Å². The molecule has 0 aromatic carbocycles. The molecule has 1 heteroatoms. The van der Waals surface area contributed by atoms with E-state index in [2.05, 4.69) is 26.1 Å². The summed E-state index contributed by atoms with van der Waals surface area (Å²) in [6, 6.07) is 1.60. The molecule has 2 saturated carbocycles. The predicted molar refractivity (Wildman–Crippen MR) is 65.9 cm³/mol. The molecule has 0 aromatic rings. The molecular weight excluding hydrogens is 182 g/mol. The summed E-state index contributed by atoms with van der Waals surface area (Å²) in [5.74, 6) is 2.95. The third-order valence-corrected chi connectivity index (χ3v) is 4.41. The average Bonchev–Trinajstić information content (AvgIpc) is 2.76. The van der Waals surface area contributed by atoms with Crippen molar-refractivity contribution in [3.8, 4) is 0 Å². The Bertz CT molecular complexity index is 200. The van der Waals surface area contributed by atoms with Gasteiger partial charge < -0.3 is 5.32 Å². The van der Waals surface area contributed by atoms with Crippen molar-refractivity contribution in [2.24, 2.45) is 17.8 Å². The predicted octanol–water partition coefficient (Wildman–Crippen LogP) is 3.59. The summed E-state index contributed by atoms with van der Waals surface area (Å²) in [5, 5.41) is 3.87. The highest BCUT2D eigenvalue weighted by Gasteiger charge is 2.39. The minimum atomic E-state index is 0.733. The lowest BCUT2D eigenvalue weighted by molar-refractivity contribution is 0.310. The maximum absolute atomic E-state index is 3.87. The summed E-state index contributed by atoms with van der Waals surface area (Å²) in [7, 11) is 0. The first-order valence-electron chi connectivity index (χ1n) is 6.91. The largest absolute Gasteiger partial charge is 0.311 e. The van der Waals surface area contributed by atoms with E-state index in [1.54, 1.807) is 0 Å². The highest BCUT2D eigenvalue weighted by atomic mass is 15.0. The van der Waals surface area contributed by atoms with Crippen LogP contribution in [0.25, 0.3) is 0 Å². The van der Waals surface area contributed by atoms with Gasteiger partial charge in [-0.05, 0) is 56.8 Å². The standard InChI is InChI=1S/C14H27N/c1-10(2)4-5-11(3)15-14-9-12-6-7-13(14)8-12/h10-15H,4-9H2,1-3H3. The fourth-order valence-corrected chi connectivity index (χ4v) is 3.48. The van der Waals surface area contributed by atoms with Crippen LogP contribution >= 0.6 is 0 Å². The van der Waals surface area contributed by atoms with Crippen molar-refractivity contribution in [1.82, 2.24) is 5.32 Å². The highest BCUT2D eigenvalue weighted by Crippen LogP contribution is 2.44. The maximum Gasteiger partial charge on any atom is 0.0100 e. The molecule has 0 aromatic heterocycles. The quantitative estimate of drug-likeness (QED) is 0.729. The van der Waals surface area contributed by atoms with Crippen LogP contribution in [-0.4, -0.2) is 12.1 Å². The summed E-state index contributed by atoms with van der Waals surface area (Å²) in [6.07, 6.45) is 8.73. The molecule has 4 unspecified atom stereocenters. The second-order valence-electron chi connectivity index (χ2n) is 6.32. The summed E-state index contributed by atoms with van der Waals surface area (Å²) in [6.45, 7) is 7.02. The lowest BCUT2D eigenvalue weighted by Gasteiger charge is -2.27. The molecule has 2 fully saturated rings. The molecule has 1 nitrogen and oxygen atoms in total. The Morgan fingerprint density at radius 3 is 2.40 bits per heavy atom. The van der Waals surface area contributed by atoms with Gasteiger partial charge in [-0.2, -0.15) is 0 Å². The van der Waals surface area contributed by atoms with Gasteiger partial charge in [-0.3, -0.25) is 0 Å². The van der Waals surface area contributed by atoms with Gasteiger partial charge in [0, 0.05) is 12.1 Å². The van der Waals surface area contributed by atoms with Gasteiger partial charge in [0.2, 0.25) is 0 Å². The lowest BCUT2D eigenvalue weighted by atomic mass is 9.94. The van der Waals surface area contributed by atoms with Gasteiger partial charge in [0.05, 0.1) is 0 Å². The van der Waals surface area contributed by atoms with Crippen molar-refractivity contribution in [3.63, 3.8) is 0 Å². The van der Waals surface area contributed by atoms with E-state index in [0.717, 1.165) is 29.8 Å². The average molecular weight is 209 g/mol. The second-order valence-corrected chi connectivity index (χ2v) is 6.32. The van der Waals surface area contributed by atoms with Crippen LogP contribution in [-0.2, 0) is 0 Å². The van der Waals surface area contributed by atoms with E-state index in [1.807, 2.05) is 0 Å². The Hall–Kier alpha value is -0.0400. The molecule has 0 saturated heterocycles. The summed E-state index contributed by atoms with van der Waals surface area (Å²) < 4.78 is 0. The third kappa shape index (κ3) is 2.96. The van der Waals surface area contributed by atoms with E-state index in [0.29, 0.717) is 0 Å². The highest BCUT2D eigenvalue weighted by molar-refractivity contribution is 4.94. The number of hydrogen-bond acceptors (Lipinski definition) is 1. The fourth-order valence-electron chi connectivity index (χ4n) is 3.48. The van der Waals surface area contributed by atoms with Crippen LogP contribution in [0.3, 0.4) is 0 Å².